The third-order valence-corrected chi connectivity index (χ3v) is 12.3. The Morgan fingerprint density at radius 2 is 1.12 bits per heavy atom. The van der Waals surface area contributed by atoms with Crippen molar-refractivity contribution in [2.45, 2.75) is 84.3 Å². The minimum absolute atomic E-state index is 0.0674. The zero-order valence-electron chi connectivity index (χ0n) is 33.6. The molecule has 2 fully saturated rings. The SMILES string of the molecule is CC(=O)Nc1ncc(C(C)N2CCC(c3ccccc3)CC2)s1.CC(=O)Nc1ncc(C(C)O)s1.CC(=O)Nc1ncc(C=O)s1.c1ccc(C2CCNCC2)cc1. The Kier molecular flexibility index (Phi) is 19.2. The highest BCUT2D eigenvalue weighted by Crippen LogP contribution is 2.34. The molecule has 2 aliphatic heterocycles. The Labute approximate surface area is 352 Å². The summed E-state index contributed by atoms with van der Waals surface area (Å²) in [6, 6.07) is 22.0. The van der Waals surface area contributed by atoms with Crippen LogP contribution in [-0.2, 0) is 14.4 Å². The molecule has 3 amide bonds. The van der Waals surface area contributed by atoms with Crippen LogP contribution in [0.5, 0.6) is 0 Å². The lowest BCUT2D eigenvalue weighted by molar-refractivity contribution is -0.115. The Hall–Kier alpha value is -4.71. The van der Waals surface area contributed by atoms with Crippen LogP contribution in [0.1, 0.15) is 115 Å². The summed E-state index contributed by atoms with van der Waals surface area (Å²) in [6.07, 6.45) is 10.0. The number of aromatic nitrogens is 3. The molecule has 5 heterocycles. The van der Waals surface area contributed by atoms with Gasteiger partial charge in [0.1, 0.15) is 0 Å². The highest BCUT2D eigenvalue weighted by molar-refractivity contribution is 7.17. The number of hydrogen-bond donors (Lipinski definition) is 5. The molecule has 310 valence electrons. The number of aliphatic hydroxyl groups is 1. The average Bonchev–Trinajstić information content (AvgIpc) is 4.01. The number of benzene rings is 2. The average molecular weight is 847 g/mol. The molecule has 3 aromatic heterocycles. The first-order chi connectivity index (χ1) is 27.9. The third kappa shape index (κ3) is 15.9. The van der Waals surface area contributed by atoms with E-state index in [-0.39, 0.29) is 17.7 Å². The minimum atomic E-state index is -0.523. The smallest absolute Gasteiger partial charge is 0.223 e. The van der Waals surface area contributed by atoms with Gasteiger partial charge in [-0.1, -0.05) is 83.3 Å². The number of thiazole rings is 3. The number of nitrogens with zero attached hydrogens (tertiary/aromatic N) is 4. The zero-order chi connectivity index (χ0) is 41.9. The van der Waals surface area contributed by atoms with Crippen LogP contribution in [0.3, 0.4) is 0 Å². The highest BCUT2D eigenvalue weighted by atomic mass is 32.1. The van der Waals surface area contributed by atoms with Gasteiger partial charge in [-0.25, -0.2) is 15.0 Å². The number of carbonyl (C=O) groups excluding carboxylic acids is 4. The molecule has 2 saturated heterocycles. The minimum Gasteiger partial charge on any atom is -0.388 e. The summed E-state index contributed by atoms with van der Waals surface area (Å²) in [4.78, 5) is 59.3. The Morgan fingerprint density at radius 3 is 1.55 bits per heavy atom. The molecule has 5 N–H and O–H groups in total. The first-order valence-corrected chi connectivity index (χ1v) is 21.7. The third-order valence-electron chi connectivity index (χ3n) is 9.32. The molecule has 2 aromatic carbocycles. The van der Waals surface area contributed by atoms with Crippen molar-refractivity contribution in [3.63, 3.8) is 0 Å². The fraction of sp³-hybridized carbons (Fsp3) is 0.405. The number of hydrogen-bond acceptors (Lipinski definition) is 13. The lowest BCUT2D eigenvalue weighted by atomic mass is 9.89. The molecule has 0 radical (unpaired) electrons. The topological polar surface area (TPSA) is 179 Å². The number of carbonyl (C=O) groups is 4. The molecular weight excluding hydrogens is 793 g/mol. The van der Waals surface area contributed by atoms with E-state index in [0.717, 1.165) is 35.2 Å². The molecule has 0 saturated carbocycles. The molecule has 0 aliphatic carbocycles. The molecule has 16 heteroatoms. The molecule has 2 atom stereocenters. The summed E-state index contributed by atoms with van der Waals surface area (Å²) in [5.74, 6) is 1.07. The van der Waals surface area contributed by atoms with Crippen molar-refractivity contribution in [1.29, 1.82) is 0 Å². The van der Waals surface area contributed by atoms with Crippen LogP contribution in [0.25, 0.3) is 0 Å². The van der Waals surface area contributed by atoms with Crippen LogP contribution in [-0.4, -0.2) is 75.1 Å². The highest BCUT2D eigenvalue weighted by Gasteiger charge is 2.25. The number of nitrogens with one attached hydrogen (secondary N) is 4. The maximum Gasteiger partial charge on any atom is 0.223 e. The molecule has 2 unspecified atom stereocenters. The van der Waals surface area contributed by atoms with Crippen molar-refractivity contribution in [3.05, 3.63) is 105 Å². The van der Waals surface area contributed by atoms with E-state index in [4.69, 9.17) is 5.11 Å². The number of amides is 3. The number of aldehydes is 1. The first kappa shape index (κ1) is 46.0. The van der Waals surface area contributed by atoms with Gasteiger partial charge in [0.15, 0.2) is 21.7 Å². The van der Waals surface area contributed by atoms with Gasteiger partial charge in [-0.15, -0.1) is 11.3 Å². The fourth-order valence-electron chi connectivity index (χ4n) is 6.33. The number of rotatable bonds is 9. The van der Waals surface area contributed by atoms with Crippen molar-refractivity contribution in [3.8, 4) is 0 Å². The van der Waals surface area contributed by atoms with Gasteiger partial charge in [0.05, 0.1) is 22.1 Å². The van der Waals surface area contributed by atoms with Crippen molar-refractivity contribution in [1.82, 2.24) is 25.2 Å². The van der Waals surface area contributed by atoms with E-state index in [9.17, 15) is 19.2 Å². The summed E-state index contributed by atoms with van der Waals surface area (Å²) < 4.78 is 0. The van der Waals surface area contributed by atoms with E-state index in [0.29, 0.717) is 38.5 Å². The monoisotopic (exact) mass is 846 g/mol. The van der Waals surface area contributed by atoms with Crippen LogP contribution < -0.4 is 21.3 Å². The second-order valence-corrected chi connectivity index (χ2v) is 17.1. The molecule has 0 bridgehead atoms. The van der Waals surface area contributed by atoms with Crippen molar-refractivity contribution >= 4 is 73.4 Å². The van der Waals surface area contributed by atoms with E-state index in [1.807, 2.05) is 6.20 Å². The summed E-state index contributed by atoms with van der Waals surface area (Å²) in [7, 11) is 0. The lowest BCUT2D eigenvalue weighted by Crippen LogP contribution is -2.34. The molecule has 58 heavy (non-hydrogen) atoms. The second-order valence-electron chi connectivity index (χ2n) is 13.9. The summed E-state index contributed by atoms with van der Waals surface area (Å²) in [5.41, 5.74) is 2.98. The van der Waals surface area contributed by atoms with E-state index in [1.165, 1.54) is 93.1 Å². The van der Waals surface area contributed by atoms with Gasteiger partial charge in [0, 0.05) is 44.1 Å². The van der Waals surface area contributed by atoms with E-state index < -0.39 is 6.10 Å². The Morgan fingerprint density at radius 1 is 0.690 bits per heavy atom. The lowest BCUT2D eigenvalue weighted by Gasteiger charge is -2.35. The van der Waals surface area contributed by atoms with Gasteiger partial charge in [0.2, 0.25) is 17.7 Å². The molecular formula is C42H54N8O5S3. The predicted molar refractivity (Wildman–Crippen MR) is 235 cm³/mol. The van der Waals surface area contributed by atoms with Crippen LogP contribution >= 0.6 is 34.0 Å². The van der Waals surface area contributed by atoms with Crippen LogP contribution in [0, 0.1) is 0 Å². The number of aliphatic hydroxyl groups excluding tert-OH is 1. The van der Waals surface area contributed by atoms with Gasteiger partial charge in [-0.3, -0.25) is 24.1 Å². The molecule has 2 aliphatic rings. The number of anilines is 3. The van der Waals surface area contributed by atoms with Crippen LogP contribution in [0.2, 0.25) is 0 Å². The molecule has 0 spiro atoms. The second kappa shape index (κ2) is 24.3. The normalized spacial score (nSPS) is 15.4. The van der Waals surface area contributed by atoms with Crippen molar-refractivity contribution < 1.29 is 24.3 Å². The summed E-state index contributed by atoms with van der Waals surface area (Å²) in [5, 5.41) is 22.0. The van der Waals surface area contributed by atoms with Crippen molar-refractivity contribution in [2.75, 3.05) is 42.1 Å². The Balaban J connectivity index is 0.000000182. The van der Waals surface area contributed by atoms with Crippen LogP contribution in [0.15, 0.2) is 79.3 Å². The van der Waals surface area contributed by atoms with Crippen LogP contribution in [0.4, 0.5) is 15.4 Å². The molecule has 7 rings (SSSR count). The quantitative estimate of drug-likeness (QED) is 0.0908. The standard InChI is InChI=1S/C18H23N3OS.C11H15N.C7H10N2O2S.C6H6N2O2S/c1-13(17-12-19-18(23-17)20-14(2)22)21-10-8-16(9-11-21)15-6-4-3-5-7-15;1-2-4-10(5-3-1)11-6-8-12-9-7-11;1-4(10)6-3-8-7(12-6)9-5(2)11;1-4(10)8-6-7-2-5(3-9)11-6/h3-7,12-13,16H,8-11H2,1-2H3,(H,19,20,22);1-5,11-12H,6-9H2;3-4,10H,1-2H3,(H,8,9,11);2-3H,1H3,(H,7,8,10). The number of likely N-dealkylation sites (tertiary alicyclic amines) is 1. The van der Waals surface area contributed by atoms with Gasteiger partial charge in [-0.2, -0.15) is 0 Å². The van der Waals surface area contributed by atoms with E-state index >= 15 is 0 Å². The largest absolute Gasteiger partial charge is 0.388 e. The first-order valence-electron chi connectivity index (χ1n) is 19.3. The van der Waals surface area contributed by atoms with Gasteiger partial charge < -0.3 is 26.4 Å². The maximum atomic E-state index is 11.1. The summed E-state index contributed by atoms with van der Waals surface area (Å²) in [6.45, 7) is 12.8. The molecule has 5 aromatic rings. The Bertz CT molecular complexity index is 1990. The molecule has 13 nitrogen and oxygen atoms in total. The van der Waals surface area contributed by atoms with Gasteiger partial charge in [0.25, 0.3) is 0 Å². The summed E-state index contributed by atoms with van der Waals surface area (Å²) >= 11 is 4.00. The van der Waals surface area contributed by atoms with E-state index in [2.05, 4.69) is 109 Å². The van der Waals surface area contributed by atoms with E-state index in [1.54, 1.807) is 24.5 Å². The van der Waals surface area contributed by atoms with Crippen molar-refractivity contribution in [2.24, 2.45) is 0 Å². The number of piperidine rings is 2. The predicted octanol–water partition coefficient (Wildman–Crippen LogP) is 8.26. The maximum absolute atomic E-state index is 11.1. The fourth-order valence-corrected chi connectivity index (χ4v) is 8.76. The van der Waals surface area contributed by atoms with Gasteiger partial charge in [-0.05, 0) is 88.7 Å². The van der Waals surface area contributed by atoms with Gasteiger partial charge >= 0.3 is 0 Å². The zero-order valence-corrected chi connectivity index (χ0v) is 36.1.